The summed E-state index contributed by atoms with van der Waals surface area (Å²) in [6.07, 6.45) is 4.66. The summed E-state index contributed by atoms with van der Waals surface area (Å²) in [5.74, 6) is 0.862. The van der Waals surface area contributed by atoms with Gasteiger partial charge < -0.3 is 9.21 Å². The third kappa shape index (κ3) is 11.5. The number of nitrogens with zero attached hydrogens (tertiary/aromatic N) is 3. The van der Waals surface area contributed by atoms with Gasteiger partial charge >= 0.3 is 200 Å². The Hall–Kier alpha value is -1.65. The predicted molar refractivity (Wildman–Crippen MR) is 201 cm³/mol. The fourth-order valence-corrected chi connectivity index (χ4v) is 9.51. The van der Waals surface area contributed by atoms with Crippen molar-refractivity contribution in [2.45, 2.75) is 65.3 Å². The first-order valence-corrected chi connectivity index (χ1v) is 23.9. The Morgan fingerprint density at radius 2 is 1.72 bits per heavy atom. The number of hydrogen-bond donors (Lipinski definition) is 1. The van der Waals surface area contributed by atoms with Gasteiger partial charge in [0.15, 0.2) is 0 Å². The maximum absolute atomic E-state index is 13.3. The largest absolute Gasteiger partial charge is 0.506 e. The first kappa shape index (κ1) is 39.8. The van der Waals surface area contributed by atoms with Crippen LogP contribution in [0.3, 0.4) is 0 Å². The number of para-hydroxylation sites is 2. The minimum Gasteiger partial charge on any atom is -0.506 e. The second-order valence-corrected chi connectivity index (χ2v) is 19.9. The van der Waals surface area contributed by atoms with Gasteiger partial charge in [-0.2, -0.15) is 6.67 Å². The van der Waals surface area contributed by atoms with Gasteiger partial charge in [-0.1, -0.05) is 17.7 Å². The van der Waals surface area contributed by atoms with Crippen molar-refractivity contribution in [2.24, 2.45) is 0 Å². The van der Waals surface area contributed by atoms with E-state index < -0.39 is 23.5 Å². The molecule has 0 aliphatic carbocycles. The van der Waals surface area contributed by atoms with Crippen LogP contribution in [0.15, 0.2) is 59.5 Å². The number of aliphatic hydroxyl groups is 1. The van der Waals surface area contributed by atoms with E-state index in [9.17, 15) is 8.42 Å². The Balaban J connectivity index is 0.000000312. The number of benzene rings is 3. The van der Waals surface area contributed by atoms with E-state index in [0.29, 0.717) is 19.6 Å². The van der Waals surface area contributed by atoms with Gasteiger partial charge in [0.2, 0.25) is 0 Å². The number of aryl methyl sites for hydroxylation is 3. The number of halogens is 2. The molecule has 2 N–H and O–H groups in total. The summed E-state index contributed by atoms with van der Waals surface area (Å²) in [7, 11) is 10.5. The van der Waals surface area contributed by atoms with Gasteiger partial charge in [0.05, 0.1) is 0 Å². The molecule has 1 saturated heterocycles. The molecule has 0 saturated carbocycles. The van der Waals surface area contributed by atoms with E-state index in [4.69, 9.17) is 19.4 Å². The van der Waals surface area contributed by atoms with Crippen LogP contribution in [-0.2, 0) is 30.1 Å². The fourth-order valence-electron chi connectivity index (χ4n) is 5.58. The molecule has 262 valence electrons. The SMILES string of the molecule is CCCCN(CCC)S(=O)(=O)c1ccc(CNc2ccccc2[OH+]C)c([CH]=[Ru]([Cl])[Cl])c1.CSN1[CH-]N(c2c(C)cc(C)cc2C)CC1. The van der Waals surface area contributed by atoms with E-state index in [0.717, 1.165) is 54.9 Å². The maximum atomic E-state index is 13.3. The van der Waals surface area contributed by atoms with Crippen molar-refractivity contribution in [3.8, 4) is 5.75 Å². The molecule has 0 radical (unpaired) electrons. The van der Waals surface area contributed by atoms with Gasteiger partial charge in [-0.05, 0) is 44.7 Å². The number of anilines is 2. The fraction of sp³-hybridized carbons (Fsp3) is 0.429. The van der Waals surface area contributed by atoms with Crippen LogP contribution < -0.4 is 10.2 Å². The van der Waals surface area contributed by atoms with E-state index in [1.807, 2.05) is 37.3 Å². The van der Waals surface area contributed by atoms with Crippen molar-refractivity contribution in [1.82, 2.24) is 8.61 Å². The van der Waals surface area contributed by atoms with Crippen molar-refractivity contribution < 1.29 is 26.7 Å². The number of nitrogens with one attached hydrogen (secondary N) is 1. The third-order valence-corrected chi connectivity index (χ3v) is 12.3. The van der Waals surface area contributed by atoms with Crippen molar-refractivity contribution in [2.75, 3.05) is 49.8 Å². The molecular weight excluding hydrogens is 761 g/mol. The van der Waals surface area contributed by atoms with Gasteiger partial charge in [-0.3, -0.25) is 0 Å². The van der Waals surface area contributed by atoms with Crippen LogP contribution >= 0.6 is 31.3 Å². The van der Waals surface area contributed by atoms with Crippen molar-refractivity contribution >= 4 is 57.3 Å². The number of unbranched alkanes of at least 4 members (excludes halogenated alkanes) is 1. The normalized spacial score (nSPS) is 13.7. The second-order valence-electron chi connectivity index (χ2n) is 11.4. The van der Waals surface area contributed by atoms with Crippen LogP contribution in [0.4, 0.5) is 11.4 Å². The average Bonchev–Trinajstić information content (AvgIpc) is 3.50. The Morgan fingerprint density at radius 1 is 1.02 bits per heavy atom. The molecule has 0 bridgehead atoms. The molecule has 4 rings (SSSR count). The first-order valence-electron chi connectivity index (χ1n) is 15.8. The van der Waals surface area contributed by atoms with E-state index in [-0.39, 0.29) is 4.90 Å². The summed E-state index contributed by atoms with van der Waals surface area (Å²) >= 11 is -0.368. The molecule has 47 heavy (non-hydrogen) atoms. The molecule has 7 nitrogen and oxygen atoms in total. The standard InChI is InChI=1S/C22H30N2O3S.C13H19N2S.2ClH.Ru/c1-5-7-15-24(14-6-2)28(25,26)20-13-12-19(18(3)16-20)17-23-21-10-8-9-11-22(21)27-4;1-10-7-11(2)13(12(3)8-10)14-5-6-15(9-14)16-4;;;/h3,8-13,16,23H,5-7,14-15,17H2,1-2,4H3;7-9H,5-6H2,1-4H3;2*1H;/q;-1;;;+2/p-1. The zero-order valence-electron chi connectivity index (χ0n) is 28.5. The molecule has 0 atom stereocenters. The monoisotopic (exact) mass is 810 g/mol. The summed E-state index contributed by atoms with van der Waals surface area (Å²) in [6, 6.07) is 17.5. The molecule has 3 aromatic carbocycles. The number of aromatic hydroxyl groups is 1. The second kappa shape index (κ2) is 19.5. The van der Waals surface area contributed by atoms with Crippen molar-refractivity contribution in [3.63, 3.8) is 0 Å². The molecule has 1 aliphatic rings. The zero-order chi connectivity index (χ0) is 34.6. The Bertz CT molecular complexity index is 1580. The van der Waals surface area contributed by atoms with Crippen LogP contribution in [0.1, 0.15) is 60.9 Å². The van der Waals surface area contributed by atoms with Gasteiger partial charge in [0.25, 0.3) is 0 Å². The van der Waals surface area contributed by atoms with Gasteiger partial charge in [-0.25, -0.2) is 0 Å². The smallest absolute Gasteiger partial charge is 0.0142 e. The summed E-state index contributed by atoms with van der Waals surface area (Å²) < 4.78 is 36.5. The van der Waals surface area contributed by atoms with Gasteiger partial charge in [-0.15, -0.1) is 11.9 Å². The molecular formula is C35H50Cl2N4O3RuS2. The Kier molecular flexibility index (Phi) is 16.5. The molecule has 3 aromatic rings. The van der Waals surface area contributed by atoms with Crippen molar-refractivity contribution in [3.05, 3.63) is 89.1 Å². The van der Waals surface area contributed by atoms with E-state index in [1.54, 1.807) is 40.1 Å². The van der Waals surface area contributed by atoms with E-state index in [2.05, 4.69) is 72.0 Å². The minimum atomic E-state index is -3.58. The maximum Gasteiger partial charge on any atom is 0.0142 e. The molecule has 12 heteroatoms. The van der Waals surface area contributed by atoms with Gasteiger partial charge in [0, 0.05) is 12.2 Å². The molecule has 1 fully saturated rings. The van der Waals surface area contributed by atoms with E-state index in [1.165, 1.54) is 22.4 Å². The van der Waals surface area contributed by atoms with Crippen LogP contribution in [-0.4, -0.2) is 65.9 Å². The average molecular weight is 811 g/mol. The number of sulfonamides is 1. The van der Waals surface area contributed by atoms with E-state index >= 15 is 0 Å². The minimum absolute atomic E-state index is 0.278. The topological polar surface area (TPSA) is 68.7 Å². The number of hydrogen-bond acceptors (Lipinski definition) is 6. The molecule has 0 unspecified atom stereocenters. The summed E-state index contributed by atoms with van der Waals surface area (Å²) in [5, 5.41) is 3.38. The molecule has 1 heterocycles. The quantitative estimate of drug-likeness (QED) is 0.0579. The summed E-state index contributed by atoms with van der Waals surface area (Å²) in [5.41, 5.74) is 8.07. The zero-order valence-corrected chi connectivity index (χ0v) is 33.4. The van der Waals surface area contributed by atoms with Crippen LogP contribution in [0.5, 0.6) is 5.75 Å². The summed E-state index contributed by atoms with van der Waals surface area (Å²) in [4.78, 5) is 2.64. The van der Waals surface area contributed by atoms with Crippen LogP contribution in [0, 0.1) is 27.4 Å². The molecule has 0 spiro atoms. The third-order valence-electron chi connectivity index (χ3n) is 7.78. The molecule has 1 aliphatic heterocycles. The number of ether oxygens (including phenoxy) is 1. The molecule has 0 aromatic heterocycles. The Labute approximate surface area is 300 Å². The molecule has 0 amide bonds. The van der Waals surface area contributed by atoms with Crippen LogP contribution in [0.2, 0.25) is 0 Å². The van der Waals surface area contributed by atoms with Crippen LogP contribution in [0.25, 0.3) is 0 Å². The summed E-state index contributed by atoms with van der Waals surface area (Å²) in [6.45, 7) is 16.5. The number of rotatable bonds is 14. The van der Waals surface area contributed by atoms with Gasteiger partial charge in [0.1, 0.15) is 0 Å². The Morgan fingerprint density at radius 3 is 2.32 bits per heavy atom. The predicted octanol–water partition coefficient (Wildman–Crippen LogP) is 8.58. The van der Waals surface area contributed by atoms with Crippen molar-refractivity contribution in [1.29, 1.82) is 0 Å². The first-order chi connectivity index (χ1) is 22.4.